The van der Waals surface area contributed by atoms with Gasteiger partial charge in [-0.05, 0) is 37.0 Å². The number of Topliss-reactive ketones (excluding diaryl/α,β-unsaturated/α-hetero) is 1. The van der Waals surface area contributed by atoms with Crippen LogP contribution in [-0.4, -0.2) is 34.7 Å². The quantitative estimate of drug-likeness (QED) is 0.764. The number of aryl methyl sites for hydroxylation is 1. The summed E-state index contributed by atoms with van der Waals surface area (Å²) >= 11 is 0. The van der Waals surface area contributed by atoms with Crippen molar-refractivity contribution >= 4 is 17.7 Å². The van der Waals surface area contributed by atoms with Gasteiger partial charge in [-0.3, -0.25) is 14.5 Å². The van der Waals surface area contributed by atoms with Crippen LogP contribution in [0.4, 0.5) is 9.18 Å². The molecule has 0 aromatic heterocycles. The first-order valence-electron chi connectivity index (χ1n) is 8.82. The standard InChI is InChI=1S/C21H21FN2O3/c1-21(12-11-15-7-3-2-4-8-15)19(26)24(20(27)23-21)14-17(25)13-16-9-5-6-10-18(16)22/h2-10H,11-14H2,1H3,(H,23,27). The maximum Gasteiger partial charge on any atom is 0.325 e. The summed E-state index contributed by atoms with van der Waals surface area (Å²) in [6.45, 7) is 1.30. The third-order valence-electron chi connectivity index (χ3n) is 4.78. The molecule has 0 spiro atoms. The topological polar surface area (TPSA) is 66.5 Å². The van der Waals surface area contributed by atoms with E-state index in [0.29, 0.717) is 12.8 Å². The Morgan fingerprint density at radius 2 is 1.74 bits per heavy atom. The van der Waals surface area contributed by atoms with Gasteiger partial charge < -0.3 is 5.32 Å². The monoisotopic (exact) mass is 368 g/mol. The molecule has 5 nitrogen and oxygen atoms in total. The molecule has 140 valence electrons. The Bertz CT molecular complexity index is 869. The van der Waals surface area contributed by atoms with Gasteiger partial charge in [-0.2, -0.15) is 0 Å². The van der Waals surface area contributed by atoms with Crippen LogP contribution in [0.1, 0.15) is 24.5 Å². The second-order valence-corrected chi connectivity index (χ2v) is 6.95. The minimum absolute atomic E-state index is 0.162. The molecule has 2 aromatic rings. The van der Waals surface area contributed by atoms with Crippen molar-refractivity contribution < 1.29 is 18.8 Å². The number of rotatable bonds is 7. The lowest BCUT2D eigenvalue weighted by atomic mass is 9.93. The molecule has 27 heavy (non-hydrogen) atoms. The van der Waals surface area contributed by atoms with Gasteiger partial charge in [0.25, 0.3) is 5.91 Å². The zero-order chi connectivity index (χ0) is 19.4. The molecule has 3 rings (SSSR count). The molecule has 1 N–H and O–H groups in total. The van der Waals surface area contributed by atoms with Gasteiger partial charge in [0.2, 0.25) is 0 Å². The van der Waals surface area contributed by atoms with Gasteiger partial charge in [0.1, 0.15) is 11.4 Å². The summed E-state index contributed by atoms with van der Waals surface area (Å²) in [5.74, 6) is -1.29. The number of urea groups is 1. The van der Waals surface area contributed by atoms with Crippen molar-refractivity contribution in [3.8, 4) is 0 Å². The number of hydrogen-bond acceptors (Lipinski definition) is 3. The number of imide groups is 1. The fraction of sp³-hybridized carbons (Fsp3) is 0.286. The Labute approximate surface area is 157 Å². The first-order chi connectivity index (χ1) is 12.9. The third-order valence-corrected chi connectivity index (χ3v) is 4.78. The third kappa shape index (κ3) is 4.22. The molecule has 1 aliphatic heterocycles. The number of hydrogen-bond donors (Lipinski definition) is 1. The predicted octanol–water partition coefficient (Wildman–Crippen LogP) is 2.88. The maximum atomic E-state index is 13.7. The number of ketones is 1. The highest BCUT2D eigenvalue weighted by Gasteiger charge is 2.47. The molecule has 2 aromatic carbocycles. The minimum Gasteiger partial charge on any atom is -0.323 e. The number of amides is 3. The first kappa shape index (κ1) is 18.8. The number of nitrogens with zero attached hydrogens (tertiary/aromatic N) is 1. The summed E-state index contributed by atoms with van der Waals surface area (Å²) in [6.07, 6.45) is 0.893. The van der Waals surface area contributed by atoms with Gasteiger partial charge >= 0.3 is 6.03 Å². The number of benzene rings is 2. The normalized spacial score (nSPS) is 19.3. The van der Waals surface area contributed by atoms with Crippen LogP contribution in [0.15, 0.2) is 54.6 Å². The average Bonchev–Trinajstić information content (AvgIpc) is 2.86. The van der Waals surface area contributed by atoms with E-state index in [9.17, 15) is 18.8 Å². The van der Waals surface area contributed by atoms with Crippen LogP contribution in [0.3, 0.4) is 0 Å². The van der Waals surface area contributed by atoms with E-state index in [-0.39, 0.29) is 18.5 Å². The van der Waals surface area contributed by atoms with E-state index >= 15 is 0 Å². The van der Waals surface area contributed by atoms with Crippen molar-refractivity contribution in [3.05, 3.63) is 71.5 Å². The summed E-state index contributed by atoms with van der Waals surface area (Å²) < 4.78 is 13.7. The lowest BCUT2D eigenvalue weighted by Gasteiger charge is -2.21. The fourth-order valence-electron chi connectivity index (χ4n) is 3.19. The zero-order valence-electron chi connectivity index (χ0n) is 15.1. The van der Waals surface area contributed by atoms with E-state index < -0.39 is 29.1 Å². The zero-order valence-corrected chi connectivity index (χ0v) is 15.1. The molecular formula is C21H21FN2O3. The molecule has 0 aliphatic carbocycles. The summed E-state index contributed by atoms with van der Waals surface area (Å²) in [6, 6.07) is 15.1. The Morgan fingerprint density at radius 3 is 2.44 bits per heavy atom. The van der Waals surface area contributed by atoms with Gasteiger partial charge in [0.15, 0.2) is 5.78 Å². The predicted molar refractivity (Wildman–Crippen MR) is 98.5 cm³/mol. The smallest absolute Gasteiger partial charge is 0.323 e. The fourth-order valence-corrected chi connectivity index (χ4v) is 3.19. The Morgan fingerprint density at radius 1 is 1.07 bits per heavy atom. The largest absolute Gasteiger partial charge is 0.325 e. The summed E-state index contributed by atoms with van der Waals surface area (Å²) in [7, 11) is 0. The molecule has 1 heterocycles. The van der Waals surface area contributed by atoms with Crippen LogP contribution in [0.5, 0.6) is 0 Å². The molecule has 1 unspecified atom stereocenters. The van der Waals surface area contributed by atoms with E-state index in [1.54, 1.807) is 19.1 Å². The van der Waals surface area contributed by atoms with Gasteiger partial charge in [-0.25, -0.2) is 9.18 Å². The van der Waals surface area contributed by atoms with Crippen molar-refractivity contribution in [1.82, 2.24) is 10.2 Å². The average molecular weight is 368 g/mol. The minimum atomic E-state index is -1.05. The molecule has 6 heteroatoms. The summed E-state index contributed by atoms with van der Waals surface area (Å²) in [5.41, 5.74) is 0.266. The SMILES string of the molecule is CC1(CCc2ccccc2)NC(=O)N(CC(=O)Cc2ccccc2F)C1=O. The summed E-state index contributed by atoms with van der Waals surface area (Å²) in [4.78, 5) is 38.2. The number of carbonyl (C=O) groups is 3. The molecule has 1 fully saturated rings. The second-order valence-electron chi connectivity index (χ2n) is 6.95. The molecular weight excluding hydrogens is 347 g/mol. The van der Waals surface area contributed by atoms with Gasteiger partial charge in [0, 0.05) is 6.42 Å². The van der Waals surface area contributed by atoms with Crippen molar-refractivity contribution in [2.45, 2.75) is 31.7 Å². The van der Waals surface area contributed by atoms with E-state index in [1.165, 1.54) is 12.1 Å². The molecule has 1 saturated heterocycles. The van der Waals surface area contributed by atoms with Crippen LogP contribution in [0.2, 0.25) is 0 Å². The van der Waals surface area contributed by atoms with Crippen LogP contribution >= 0.6 is 0 Å². The molecule has 0 bridgehead atoms. The Balaban J connectivity index is 1.63. The molecule has 1 atom stereocenters. The van der Waals surface area contributed by atoms with Crippen molar-refractivity contribution in [2.24, 2.45) is 0 Å². The highest BCUT2D eigenvalue weighted by Crippen LogP contribution is 2.23. The number of carbonyl (C=O) groups excluding carboxylic acids is 3. The first-order valence-corrected chi connectivity index (χ1v) is 8.82. The highest BCUT2D eigenvalue weighted by molar-refractivity contribution is 6.09. The van der Waals surface area contributed by atoms with Gasteiger partial charge in [0.05, 0.1) is 6.54 Å². The van der Waals surface area contributed by atoms with Crippen LogP contribution in [0.25, 0.3) is 0 Å². The Kier molecular flexibility index (Phi) is 5.35. The lowest BCUT2D eigenvalue weighted by Crippen LogP contribution is -2.44. The van der Waals surface area contributed by atoms with Gasteiger partial charge in [-0.1, -0.05) is 48.5 Å². The van der Waals surface area contributed by atoms with E-state index in [1.807, 2.05) is 30.3 Å². The van der Waals surface area contributed by atoms with Gasteiger partial charge in [-0.15, -0.1) is 0 Å². The van der Waals surface area contributed by atoms with E-state index in [4.69, 9.17) is 0 Å². The van der Waals surface area contributed by atoms with Crippen molar-refractivity contribution in [3.63, 3.8) is 0 Å². The van der Waals surface area contributed by atoms with Crippen LogP contribution < -0.4 is 5.32 Å². The van der Waals surface area contributed by atoms with Crippen molar-refractivity contribution in [1.29, 1.82) is 0 Å². The number of nitrogens with one attached hydrogen (secondary N) is 1. The lowest BCUT2D eigenvalue weighted by molar-refractivity contribution is -0.134. The summed E-state index contributed by atoms with van der Waals surface area (Å²) in [5, 5.41) is 2.69. The molecule has 0 radical (unpaired) electrons. The van der Waals surface area contributed by atoms with E-state index in [0.717, 1.165) is 10.5 Å². The van der Waals surface area contributed by atoms with Crippen molar-refractivity contribution in [2.75, 3.05) is 6.54 Å². The van der Waals surface area contributed by atoms with Crippen LogP contribution in [0, 0.1) is 5.82 Å². The van der Waals surface area contributed by atoms with E-state index in [2.05, 4.69) is 5.32 Å². The second kappa shape index (κ2) is 7.70. The van der Waals surface area contributed by atoms with Crippen LogP contribution in [-0.2, 0) is 22.4 Å². The Hall–Kier alpha value is -3.02. The number of halogens is 1. The molecule has 3 amide bonds. The highest BCUT2D eigenvalue weighted by atomic mass is 19.1. The molecule has 0 saturated carbocycles. The maximum absolute atomic E-state index is 13.7. The molecule has 1 aliphatic rings.